The maximum Gasteiger partial charge on any atom is 0.195 e. The van der Waals surface area contributed by atoms with Crippen molar-refractivity contribution < 1.29 is 13.2 Å². The van der Waals surface area contributed by atoms with Crippen LogP contribution in [0, 0.1) is 6.92 Å². The van der Waals surface area contributed by atoms with Gasteiger partial charge in [0.2, 0.25) is 0 Å². The van der Waals surface area contributed by atoms with Gasteiger partial charge in [-0.1, -0.05) is 66.4 Å². The van der Waals surface area contributed by atoms with Crippen LogP contribution in [0.5, 0.6) is 5.75 Å². The minimum atomic E-state index is -3.36. The van der Waals surface area contributed by atoms with E-state index in [1.54, 1.807) is 30.3 Å². The maximum atomic E-state index is 12.6. The molecular formula is C24H23N3O3S2. The summed E-state index contributed by atoms with van der Waals surface area (Å²) in [6, 6.07) is 26.1. The van der Waals surface area contributed by atoms with Gasteiger partial charge in [0.05, 0.1) is 10.6 Å². The van der Waals surface area contributed by atoms with Crippen LogP contribution in [0.1, 0.15) is 11.4 Å². The van der Waals surface area contributed by atoms with Crippen molar-refractivity contribution in [1.29, 1.82) is 0 Å². The standard InChI is InChI=1S/C24H23N3O3S2/c1-19-10-8-9-15-22(19)30-18-23-25-26-24(27(23)20-11-4-2-5-12-20)31-16-17-32(28,29)21-13-6-3-7-14-21/h2-15H,16-18H2,1H3. The van der Waals surface area contributed by atoms with Crippen LogP contribution in [-0.2, 0) is 16.4 Å². The van der Waals surface area contributed by atoms with Crippen molar-refractivity contribution in [2.75, 3.05) is 11.5 Å². The second-order valence-corrected chi connectivity index (χ2v) is 10.3. The molecule has 0 aliphatic heterocycles. The highest BCUT2D eigenvalue weighted by Crippen LogP contribution is 2.25. The van der Waals surface area contributed by atoms with E-state index in [4.69, 9.17) is 4.74 Å². The van der Waals surface area contributed by atoms with Crippen molar-refractivity contribution in [2.45, 2.75) is 23.6 Å². The highest BCUT2D eigenvalue weighted by Gasteiger charge is 2.18. The molecule has 0 spiro atoms. The van der Waals surface area contributed by atoms with Gasteiger partial charge in [0.25, 0.3) is 0 Å². The van der Waals surface area contributed by atoms with Crippen molar-refractivity contribution in [1.82, 2.24) is 14.8 Å². The van der Waals surface area contributed by atoms with Gasteiger partial charge in [-0.25, -0.2) is 8.42 Å². The minimum absolute atomic E-state index is 0.0123. The quantitative estimate of drug-likeness (QED) is 0.333. The molecule has 4 rings (SSSR count). The molecule has 0 N–H and O–H groups in total. The molecule has 8 heteroatoms. The van der Waals surface area contributed by atoms with Crippen LogP contribution in [0.2, 0.25) is 0 Å². The highest BCUT2D eigenvalue weighted by atomic mass is 32.2. The molecule has 0 amide bonds. The summed E-state index contributed by atoms with van der Waals surface area (Å²) in [5, 5.41) is 9.28. The van der Waals surface area contributed by atoms with Gasteiger partial charge in [-0.3, -0.25) is 4.57 Å². The van der Waals surface area contributed by atoms with Crippen molar-refractivity contribution >= 4 is 21.6 Å². The van der Waals surface area contributed by atoms with Gasteiger partial charge in [0.15, 0.2) is 20.8 Å². The van der Waals surface area contributed by atoms with Gasteiger partial charge in [-0.05, 0) is 42.8 Å². The second kappa shape index (κ2) is 10.0. The van der Waals surface area contributed by atoms with E-state index in [-0.39, 0.29) is 12.4 Å². The first kappa shape index (κ1) is 22.1. The molecule has 0 aliphatic carbocycles. The SMILES string of the molecule is Cc1ccccc1OCc1nnc(SCCS(=O)(=O)c2ccccc2)n1-c1ccccc1. The molecule has 32 heavy (non-hydrogen) atoms. The largest absolute Gasteiger partial charge is 0.485 e. The number of thioether (sulfide) groups is 1. The fourth-order valence-electron chi connectivity index (χ4n) is 3.17. The van der Waals surface area contributed by atoms with Gasteiger partial charge < -0.3 is 4.74 Å². The van der Waals surface area contributed by atoms with E-state index >= 15 is 0 Å². The second-order valence-electron chi connectivity index (χ2n) is 7.10. The van der Waals surface area contributed by atoms with Crippen molar-refractivity contribution in [3.63, 3.8) is 0 Å². The van der Waals surface area contributed by atoms with Crippen LogP contribution in [0.3, 0.4) is 0 Å². The molecule has 0 atom stereocenters. The summed E-state index contributed by atoms with van der Waals surface area (Å²) >= 11 is 1.36. The zero-order valence-corrected chi connectivity index (χ0v) is 19.2. The van der Waals surface area contributed by atoms with Gasteiger partial charge in [-0.2, -0.15) is 0 Å². The lowest BCUT2D eigenvalue weighted by molar-refractivity contribution is 0.291. The zero-order valence-electron chi connectivity index (χ0n) is 17.6. The van der Waals surface area contributed by atoms with Gasteiger partial charge in [-0.15, -0.1) is 10.2 Å². The summed E-state index contributed by atoms with van der Waals surface area (Å²) in [6.45, 7) is 2.24. The smallest absolute Gasteiger partial charge is 0.195 e. The normalized spacial score (nSPS) is 11.4. The van der Waals surface area contributed by atoms with Crippen LogP contribution < -0.4 is 4.74 Å². The first-order chi connectivity index (χ1) is 15.5. The molecule has 1 aromatic heterocycles. The number of sulfone groups is 1. The number of aryl methyl sites for hydroxylation is 1. The van der Waals surface area contributed by atoms with Crippen LogP contribution >= 0.6 is 11.8 Å². The van der Waals surface area contributed by atoms with Crippen molar-refractivity contribution in [2.24, 2.45) is 0 Å². The molecule has 0 bridgehead atoms. The Hall–Kier alpha value is -3.10. The fraction of sp³-hybridized carbons (Fsp3) is 0.167. The third-order valence-corrected chi connectivity index (χ3v) is 7.77. The lowest BCUT2D eigenvalue weighted by atomic mass is 10.2. The highest BCUT2D eigenvalue weighted by molar-refractivity contribution is 8.00. The molecule has 0 unspecified atom stereocenters. The monoisotopic (exact) mass is 465 g/mol. The summed E-state index contributed by atoms with van der Waals surface area (Å²) < 4.78 is 33.1. The number of hydrogen-bond acceptors (Lipinski definition) is 6. The van der Waals surface area contributed by atoms with Crippen molar-refractivity contribution in [3.8, 4) is 11.4 Å². The molecule has 6 nitrogen and oxygen atoms in total. The number of para-hydroxylation sites is 2. The summed E-state index contributed by atoms with van der Waals surface area (Å²) in [7, 11) is -3.36. The van der Waals surface area contributed by atoms with E-state index < -0.39 is 9.84 Å². The lowest BCUT2D eigenvalue weighted by Crippen LogP contribution is -2.10. The van der Waals surface area contributed by atoms with Gasteiger partial charge in [0, 0.05) is 11.4 Å². The number of nitrogens with zero attached hydrogens (tertiary/aromatic N) is 3. The summed E-state index contributed by atoms with van der Waals surface area (Å²) in [6.07, 6.45) is 0. The predicted molar refractivity (Wildman–Crippen MR) is 126 cm³/mol. The summed E-state index contributed by atoms with van der Waals surface area (Å²) in [5.74, 6) is 1.81. The molecule has 0 saturated carbocycles. The van der Waals surface area contributed by atoms with Crippen LogP contribution in [-0.4, -0.2) is 34.7 Å². The number of hydrogen-bond donors (Lipinski definition) is 0. The molecule has 0 radical (unpaired) electrons. The van der Waals surface area contributed by atoms with Gasteiger partial charge >= 0.3 is 0 Å². The lowest BCUT2D eigenvalue weighted by Gasteiger charge is -2.12. The Morgan fingerprint density at radius 2 is 1.53 bits per heavy atom. The molecule has 0 saturated heterocycles. The Balaban J connectivity index is 1.52. The maximum absolute atomic E-state index is 12.6. The topological polar surface area (TPSA) is 74.1 Å². The third kappa shape index (κ3) is 5.20. The van der Waals surface area contributed by atoms with Crippen molar-refractivity contribution in [3.05, 3.63) is 96.3 Å². The fourth-order valence-corrected chi connectivity index (χ4v) is 5.81. The first-order valence-electron chi connectivity index (χ1n) is 10.1. The van der Waals surface area contributed by atoms with Crippen LogP contribution in [0.15, 0.2) is 95.0 Å². The summed E-state index contributed by atoms with van der Waals surface area (Å²) in [4.78, 5) is 0.331. The molecule has 0 aliphatic rings. The molecule has 164 valence electrons. The van der Waals surface area contributed by atoms with E-state index in [1.807, 2.05) is 66.1 Å². The Morgan fingerprint density at radius 1 is 0.875 bits per heavy atom. The number of aromatic nitrogens is 3. The van der Waals surface area contributed by atoms with E-state index in [1.165, 1.54) is 11.8 Å². The third-order valence-electron chi connectivity index (χ3n) is 4.85. The zero-order chi connectivity index (χ0) is 22.4. The van der Waals surface area contributed by atoms with Crippen LogP contribution in [0.4, 0.5) is 0 Å². The number of ether oxygens (including phenoxy) is 1. The van der Waals surface area contributed by atoms with Gasteiger partial charge in [0.1, 0.15) is 12.4 Å². The molecule has 0 fully saturated rings. The molecular weight excluding hydrogens is 442 g/mol. The Labute approximate surface area is 192 Å². The number of benzene rings is 3. The first-order valence-corrected chi connectivity index (χ1v) is 12.8. The van der Waals surface area contributed by atoms with Crippen LogP contribution in [0.25, 0.3) is 5.69 Å². The van der Waals surface area contributed by atoms with E-state index in [2.05, 4.69) is 10.2 Å². The Morgan fingerprint density at radius 3 is 2.25 bits per heavy atom. The number of rotatable bonds is 9. The van der Waals surface area contributed by atoms with E-state index in [0.29, 0.717) is 21.6 Å². The van der Waals surface area contributed by atoms with E-state index in [0.717, 1.165) is 17.0 Å². The Kier molecular flexibility index (Phi) is 6.92. The summed E-state index contributed by atoms with van der Waals surface area (Å²) in [5.41, 5.74) is 1.94. The Bertz CT molecular complexity index is 1270. The molecule has 4 aromatic rings. The molecule has 1 heterocycles. The average molecular weight is 466 g/mol. The van der Waals surface area contributed by atoms with E-state index in [9.17, 15) is 8.42 Å². The minimum Gasteiger partial charge on any atom is -0.485 e. The predicted octanol–water partition coefficient (Wildman–Crippen LogP) is 4.72. The molecule has 3 aromatic carbocycles. The average Bonchev–Trinajstić information content (AvgIpc) is 3.22.